The van der Waals surface area contributed by atoms with Gasteiger partial charge in [0.25, 0.3) is 0 Å². The molecule has 140 valence electrons. The van der Waals surface area contributed by atoms with E-state index in [4.69, 9.17) is 15.6 Å². The predicted octanol–water partition coefficient (Wildman–Crippen LogP) is 2.61. The van der Waals surface area contributed by atoms with Crippen LogP contribution in [0.4, 0.5) is 0 Å². The van der Waals surface area contributed by atoms with Crippen LogP contribution in [0.15, 0.2) is 18.2 Å². The molecule has 3 rings (SSSR count). The Morgan fingerprint density at radius 3 is 2.65 bits per heavy atom. The number of aliphatic carboxylic acids is 1. The van der Waals surface area contributed by atoms with Crippen molar-refractivity contribution in [2.24, 2.45) is 5.73 Å². The van der Waals surface area contributed by atoms with E-state index in [1.165, 1.54) is 11.8 Å². The SMILES string of the molecule is CC.CCn1c2c(c3c(OCC(=O)O)cccc31)C(C(N)=O)SCC2=O. The maximum absolute atomic E-state index is 12.5. The lowest BCUT2D eigenvalue weighted by Gasteiger charge is -2.20. The minimum absolute atomic E-state index is 0.0743. The molecule has 1 aromatic carbocycles. The van der Waals surface area contributed by atoms with Crippen LogP contribution in [0.5, 0.6) is 5.75 Å². The fourth-order valence-electron chi connectivity index (χ4n) is 3.08. The fraction of sp³-hybridized carbons (Fsp3) is 0.389. The summed E-state index contributed by atoms with van der Waals surface area (Å²) in [5.41, 5.74) is 7.24. The Hall–Kier alpha value is -2.48. The van der Waals surface area contributed by atoms with Crippen molar-refractivity contribution in [1.82, 2.24) is 4.57 Å². The second-order valence-corrected chi connectivity index (χ2v) is 6.45. The molecule has 1 aliphatic rings. The molecule has 0 fully saturated rings. The third kappa shape index (κ3) is 3.41. The summed E-state index contributed by atoms with van der Waals surface area (Å²) in [5, 5.41) is 8.78. The van der Waals surface area contributed by atoms with Gasteiger partial charge in [-0.3, -0.25) is 9.59 Å². The van der Waals surface area contributed by atoms with Gasteiger partial charge in [-0.15, -0.1) is 11.8 Å². The van der Waals surface area contributed by atoms with Crippen molar-refractivity contribution in [3.8, 4) is 5.75 Å². The topological polar surface area (TPSA) is 112 Å². The fourth-order valence-corrected chi connectivity index (χ4v) is 4.09. The average Bonchev–Trinajstić information content (AvgIpc) is 2.97. The van der Waals surface area contributed by atoms with Crippen LogP contribution in [0, 0.1) is 0 Å². The zero-order chi connectivity index (χ0) is 19.4. The minimum Gasteiger partial charge on any atom is -0.481 e. The summed E-state index contributed by atoms with van der Waals surface area (Å²) in [5.74, 6) is -1.19. The number of Topliss-reactive ketones (excluding diaryl/α,β-unsaturated/α-hetero) is 1. The Kier molecular flexibility index (Phi) is 6.31. The normalized spacial score (nSPS) is 15.8. The lowest BCUT2D eigenvalue weighted by molar-refractivity contribution is -0.139. The molecule has 0 aliphatic carbocycles. The summed E-state index contributed by atoms with van der Waals surface area (Å²) in [6, 6.07) is 5.18. The number of carbonyl (C=O) groups excluding carboxylic acids is 2. The molecule has 1 amide bonds. The zero-order valence-electron chi connectivity index (χ0n) is 14.9. The number of aromatic nitrogens is 1. The van der Waals surface area contributed by atoms with E-state index in [9.17, 15) is 14.4 Å². The van der Waals surface area contributed by atoms with Gasteiger partial charge in [0.15, 0.2) is 12.4 Å². The molecular weight excluding hydrogens is 356 g/mol. The lowest BCUT2D eigenvalue weighted by atomic mass is 10.0. The van der Waals surface area contributed by atoms with E-state index in [2.05, 4.69) is 0 Å². The molecule has 7 nitrogen and oxygen atoms in total. The first kappa shape index (κ1) is 19.8. The number of nitrogens with zero attached hydrogens (tertiary/aromatic N) is 1. The molecule has 0 spiro atoms. The Morgan fingerprint density at radius 1 is 1.38 bits per heavy atom. The van der Waals surface area contributed by atoms with E-state index in [1.807, 2.05) is 31.4 Å². The molecule has 3 N–H and O–H groups in total. The first-order valence-electron chi connectivity index (χ1n) is 8.39. The van der Waals surface area contributed by atoms with Gasteiger partial charge < -0.3 is 20.1 Å². The maximum Gasteiger partial charge on any atom is 0.341 e. The molecule has 1 atom stereocenters. The summed E-state index contributed by atoms with van der Waals surface area (Å²) in [7, 11) is 0. The molecule has 0 bridgehead atoms. The van der Waals surface area contributed by atoms with E-state index >= 15 is 0 Å². The molecule has 2 aromatic rings. The summed E-state index contributed by atoms with van der Waals surface area (Å²) in [6.07, 6.45) is 0. The lowest BCUT2D eigenvalue weighted by Crippen LogP contribution is -2.27. The number of rotatable bonds is 5. The van der Waals surface area contributed by atoms with Crippen LogP contribution in [-0.2, 0) is 16.1 Å². The maximum atomic E-state index is 12.5. The highest BCUT2D eigenvalue weighted by atomic mass is 32.2. The van der Waals surface area contributed by atoms with Gasteiger partial charge in [0.1, 0.15) is 11.0 Å². The average molecular weight is 378 g/mol. The van der Waals surface area contributed by atoms with Gasteiger partial charge in [0.05, 0.1) is 17.0 Å². The van der Waals surface area contributed by atoms with Crippen LogP contribution in [0.3, 0.4) is 0 Å². The van der Waals surface area contributed by atoms with Crippen molar-refractivity contribution in [3.63, 3.8) is 0 Å². The third-order valence-corrected chi connectivity index (χ3v) is 5.15. The highest BCUT2D eigenvalue weighted by molar-refractivity contribution is 8.01. The van der Waals surface area contributed by atoms with Gasteiger partial charge in [-0.2, -0.15) is 0 Å². The van der Waals surface area contributed by atoms with E-state index in [0.29, 0.717) is 28.9 Å². The highest BCUT2D eigenvalue weighted by Crippen LogP contribution is 2.45. The predicted molar refractivity (Wildman–Crippen MR) is 101 cm³/mol. The third-order valence-electron chi connectivity index (χ3n) is 3.92. The monoisotopic (exact) mass is 378 g/mol. The molecule has 0 saturated heterocycles. The van der Waals surface area contributed by atoms with Crippen molar-refractivity contribution in [3.05, 3.63) is 29.5 Å². The Labute approximate surface area is 155 Å². The molecule has 1 aliphatic heterocycles. The first-order chi connectivity index (χ1) is 12.5. The van der Waals surface area contributed by atoms with Crippen molar-refractivity contribution < 1.29 is 24.2 Å². The summed E-state index contributed by atoms with van der Waals surface area (Å²) < 4.78 is 7.21. The molecule has 8 heteroatoms. The number of thioether (sulfide) groups is 1. The highest BCUT2D eigenvalue weighted by Gasteiger charge is 2.36. The van der Waals surface area contributed by atoms with Crippen molar-refractivity contribution in [1.29, 1.82) is 0 Å². The van der Waals surface area contributed by atoms with Gasteiger partial charge in [-0.25, -0.2) is 4.79 Å². The number of carbonyl (C=O) groups is 3. The zero-order valence-corrected chi connectivity index (χ0v) is 15.8. The van der Waals surface area contributed by atoms with Gasteiger partial charge >= 0.3 is 5.97 Å². The van der Waals surface area contributed by atoms with Crippen LogP contribution < -0.4 is 10.5 Å². The number of benzene rings is 1. The molecule has 0 radical (unpaired) electrons. The molecule has 1 aromatic heterocycles. The van der Waals surface area contributed by atoms with Crippen molar-refractivity contribution in [2.75, 3.05) is 12.4 Å². The smallest absolute Gasteiger partial charge is 0.341 e. The van der Waals surface area contributed by atoms with E-state index < -0.39 is 23.7 Å². The summed E-state index contributed by atoms with van der Waals surface area (Å²) in [4.78, 5) is 35.2. The Balaban J connectivity index is 0.00000117. The van der Waals surface area contributed by atoms with Crippen LogP contribution in [-0.4, -0.2) is 39.7 Å². The van der Waals surface area contributed by atoms with Crippen LogP contribution in [0.25, 0.3) is 10.9 Å². The van der Waals surface area contributed by atoms with Crippen LogP contribution in [0.2, 0.25) is 0 Å². The summed E-state index contributed by atoms with van der Waals surface area (Å²) >= 11 is 1.18. The van der Waals surface area contributed by atoms with Crippen LogP contribution >= 0.6 is 11.8 Å². The number of hydrogen-bond acceptors (Lipinski definition) is 5. The number of aryl methyl sites for hydroxylation is 1. The number of carboxylic acids is 1. The van der Waals surface area contributed by atoms with Gasteiger partial charge in [0, 0.05) is 17.5 Å². The number of ketones is 1. The van der Waals surface area contributed by atoms with Gasteiger partial charge in [-0.1, -0.05) is 19.9 Å². The first-order valence-corrected chi connectivity index (χ1v) is 9.44. The number of hydrogen-bond donors (Lipinski definition) is 2. The van der Waals surface area contributed by atoms with E-state index in [-0.39, 0.29) is 11.5 Å². The molecular formula is C18H22N2O5S. The Morgan fingerprint density at radius 2 is 2.08 bits per heavy atom. The number of carboxylic acid groups (broad SMARTS) is 1. The molecule has 26 heavy (non-hydrogen) atoms. The number of primary amides is 1. The quantitative estimate of drug-likeness (QED) is 0.827. The summed E-state index contributed by atoms with van der Waals surface area (Å²) in [6.45, 7) is 5.93. The van der Waals surface area contributed by atoms with Crippen LogP contribution in [0.1, 0.15) is 42.1 Å². The van der Waals surface area contributed by atoms with Gasteiger partial charge in [0.2, 0.25) is 5.91 Å². The largest absolute Gasteiger partial charge is 0.481 e. The second-order valence-electron chi connectivity index (χ2n) is 5.36. The Bertz CT molecular complexity index is 859. The van der Waals surface area contributed by atoms with E-state index in [1.54, 1.807) is 12.1 Å². The second kappa shape index (κ2) is 8.27. The van der Waals surface area contributed by atoms with E-state index in [0.717, 1.165) is 5.52 Å². The molecule has 2 heterocycles. The number of ether oxygens (including phenoxy) is 1. The molecule has 0 saturated carbocycles. The minimum atomic E-state index is -1.10. The number of nitrogens with two attached hydrogens (primary N) is 1. The molecule has 1 unspecified atom stereocenters. The van der Waals surface area contributed by atoms with Gasteiger partial charge in [-0.05, 0) is 19.1 Å². The standard InChI is InChI=1S/C16H16N2O5S.C2H6/c1-2-18-8-4-3-5-10(23-6-11(20)21)12(8)13-14(18)9(19)7-24-15(13)16(17)22;1-2/h3-5,15H,2,6-7H2,1H3,(H2,17,22)(H,20,21);1-2H3. The number of amides is 1. The van der Waals surface area contributed by atoms with Crippen molar-refractivity contribution >= 4 is 40.3 Å². The number of fused-ring (bicyclic) bond motifs is 3. The van der Waals surface area contributed by atoms with Crippen molar-refractivity contribution in [2.45, 2.75) is 32.6 Å².